The number of hydrogen-bond donors (Lipinski definition) is 0. The van der Waals surface area contributed by atoms with E-state index in [-0.39, 0.29) is 5.54 Å². The lowest BCUT2D eigenvalue weighted by molar-refractivity contribution is -0.126. The molecule has 2 aliphatic heterocycles. The predicted molar refractivity (Wildman–Crippen MR) is 38.7 cm³/mol. The van der Waals surface area contributed by atoms with Crippen LogP contribution in [-0.2, 0) is 4.79 Å². The van der Waals surface area contributed by atoms with Crippen LogP contribution in [0.3, 0.4) is 0 Å². The van der Waals surface area contributed by atoms with E-state index >= 15 is 0 Å². The molecule has 0 spiro atoms. The molecule has 1 atom stereocenters. The smallest absolute Gasteiger partial charge is 0.158 e. The molecule has 0 bridgehead atoms. The molecule has 1 unspecified atom stereocenters. The number of nitrogens with zero attached hydrogens (tertiary/aromatic N) is 1. The Balaban J connectivity index is 2.32. The van der Waals surface area contributed by atoms with Crippen molar-refractivity contribution in [2.24, 2.45) is 0 Å². The van der Waals surface area contributed by atoms with Crippen molar-refractivity contribution in [1.82, 2.24) is 4.90 Å². The van der Waals surface area contributed by atoms with Gasteiger partial charge in [0.25, 0.3) is 0 Å². The Labute approximate surface area is 60.5 Å². The number of Topliss-reactive ketones (excluding diaryl/α,β-unsaturated/α-hetero) is 1. The highest BCUT2D eigenvalue weighted by Gasteiger charge is 2.51. The number of hydrogen-bond acceptors (Lipinski definition) is 2. The normalized spacial score (nSPS) is 39.0. The molecule has 0 saturated carbocycles. The second-order valence-corrected chi connectivity index (χ2v) is 3.04. The Morgan fingerprint density at radius 1 is 1.60 bits per heavy atom. The van der Waals surface area contributed by atoms with Crippen LogP contribution >= 0.6 is 0 Å². The predicted octanol–water partition coefficient (Wildman–Crippen LogP) is 0.590. The van der Waals surface area contributed by atoms with Gasteiger partial charge in [-0.3, -0.25) is 9.69 Å². The maximum Gasteiger partial charge on any atom is 0.158 e. The van der Waals surface area contributed by atoms with E-state index in [1.807, 2.05) is 6.08 Å². The van der Waals surface area contributed by atoms with Crippen molar-refractivity contribution in [2.45, 2.75) is 18.4 Å². The zero-order chi connectivity index (χ0) is 7.19. The first-order chi connectivity index (χ1) is 4.79. The Morgan fingerprint density at radius 3 is 2.70 bits per heavy atom. The Kier molecular flexibility index (Phi) is 1.04. The highest BCUT2D eigenvalue weighted by molar-refractivity contribution is 5.93. The maximum atomic E-state index is 11.3. The molecule has 54 valence electrons. The van der Waals surface area contributed by atoms with Gasteiger partial charge in [0.1, 0.15) is 0 Å². The van der Waals surface area contributed by atoms with Gasteiger partial charge in [-0.2, -0.15) is 0 Å². The van der Waals surface area contributed by atoms with E-state index in [1.54, 1.807) is 0 Å². The number of fused-ring (bicyclic) bond motifs is 1. The van der Waals surface area contributed by atoms with Gasteiger partial charge in [0.15, 0.2) is 5.78 Å². The van der Waals surface area contributed by atoms with Crippen LogP contribution in [0.2, 0.25) is 0 Å². The summed E-state index contributed by atoms with van der Waals surface area (Å²) < 4.78 is 0. The van der Waals surface area contributed by atoms with Crippen LogP contribution in [0, 0.1) is 0 Å². The van der Waals surface area contributed by atoms with Crippen molar-refractivity contribution in [3.05, 3.63) is 12.7 Å². The van der Waals surface area contributed by atoms with Crippen molar-refractivity contribution in [1.29, 1.82) is 0 Å². The summed E-state index contributed by atoms with van der Waals surface area (Å²) in [5, 5.41) is 0. The molecule has 2 saturated heterocycles. The van der Waals surface area contributed by atoms with Crippen LogP contribution in [0.4, 0.5) is 0 Å². The van der Waals surface area contributed by atoms with Gasteiger partial charge in [0.2, 0.25) is 0 Å². The molecule has 0 aliphatic carbocycles. The fraction of sp³-hybridized carbons (Fsp3) is 0.625. The first-order valence-electron chi connectivity index (χ1n) is 3.71. The number of rotatable bonds is 1. The molecule has 0 N–H and O–H groups in total. The SMILES string of the molecule is C=CC12CCN1CCC2=O. The van der Waals surface area contributed by atoms with Crippen LogP contribution in [0.15, 0.2) is 12.7 Å². The topological polar surface area (TPSA) is 20.3 Å². The molecular formula is C8H11NO. The van der Waals surface area contributed by atoms with Crippen molar-refractivity contribution >= 4 is 5.78 Å². The highest BCUT2D eigenvalue weighted by atomic mass is 16.1. The van der Waals surface area contributed by atoms with E-state index in [2.05, 4.69) is 11.5 Å². The fourth-order valence-corrected chi connectivity index (χ4v) is 1.94. The van der Waals surface area contributed by atoms with Crippen molar-refractivity contribution in [3.63, 3.8) is 0 Å². The van der Waals surface area contributed by atoms with Gasteiger partial charge in [-0.1, -0.05) is 6.08 Å². The highest BCUT2D eigenvalue weighted by Crippen LogP contribution is 2.38. The van der Waals surface area contributed by atoms with Crippen LogP contribution in [0.5, 0.6) is 0 Å². The second-order valence-electron chi connectivity index (χ2n) is 3.04. The van der Waals surface area contributed by atoms with Gasteiger partial charge in [0.05, 0.1) is 5.54 Å². The summed E-state index contributed by atoms with van der Waals surface area (Å²) >= 11 is 0. The summed E-state index contributed by atoms with van der Waals surface area (Å²) in [6.45, 7) is 5.73. The van der Waals surface area contributed by atoms with E-state index in [0.29, 0.717) is 5.78 Å². The third kappa shape index (κ3) is 0.465. The van der Waals surface area contributed by atoms with Crippen LogP contribution in [0.25, 0.3) is 0 Å². The van der Waals surface area contributed by atoms with Gasteiger partial charge >= 0.3 is 0 Å². The molecule has 0 aromatic heterocycles. The summed E-state index contributed by atoms with van der Waals surface area (Å²) in [6.07, 6.45) is 3.53. The zero-order valence-corrected chi connectivity index (χ0v) is 5.97. The maximum absolute atomic E-state index is 11.3. The Bertz CT molecular complexity index is 199. The first-order valence-corrected chi connectivity index (χ1v) is 3.71. The molecule has 0 aromatic carbocycles. The van der Waals surface area contributed by atoms with Gasteiger partial charge in [0, 0.05) is 19.5 Å². The molecule has 0 radical (unpaired) electrons. The Morgan fingerprint density at radius 2 is 2.40 bits per heavy atom. The molecule has 2 heterocycles. The second kappa shape index (κ2) is 1.70. The number of carbonyl (C=O) groups excluding carboxylic acids is 1. The molecular weight excluding hydrogens is 126 g/mol. The minimum atomic E-state index is -0.208. The van der Waals surface area contributed by atoms with Gasteiger partial charge in [-0.15, -0.1) is 6.58 Å². The van der Waals surface area contributed by atoms with Gasteiger partial charge in [-0.25, -0.2) is 0 Å². The Hall–Kier alpha value is -0.630. The van der Waals surface area contributed by atoms with Crippen molar-refractivity contribution < 1.29 is 4.79 Å². The molecule has 0 aromatic rings. The number of ketones is 1. The number of carbonyl (C=O) groups is 1. The zero-order valence-electron chi connectivity index (χ0n) is 5.97. The van der Waals surface area contributed by atoms with E-state index in [1.165, 1.54) is 0 Å². The van der Waals surface area contributed by atoms with Gasteiger partial charge in [-0.05, 0) is 6.42 Å². The standard InChI is InChI=1S/C8H11NO/c1-2-8-4-6-9(8)5-3-7(8)10/h2H,1,3-6H2. The third-order valence-corrected chi connectivity index (χ3v) is 2.76. The van der Waals surface area contributed by atoms with Gasteiger partial charge < -0.3 is 0 Å². The lowest BCUT2D eigenvalue weighted by atomic mass is 9.84. The summed E-state index contributed by atoms with van der Waals surface area (Å²) in [4.78, 5) is 13.5. The van der Waals surface area contributed by atoms with Crippen LogP contribution < -0.4 is 0 Å². The first kappa shape index (κ1) is 6.10. The summed E-state index contributed by atoms with van der Waals surface area (Å²) in [5.74, 6) is 0.369. The van der Waals surface area contributed by atoms with E-state index < -0.39 is 0 Å². The molecule has 2 aliphatic rings. The molecule has 10 heavy (non-hydrogen) atoms. The molecule has 0 amide bonds. The molecule has 2 nitrogen and oxygen atoms in total. The summed E-state index contributed by atoms with van der Waals surface area (Å²) in [7, 11) is 0. The monoisotopic (exact) mass is 137 g/mol. The third-order valence-electron chi connectivity index (χ3n) is 2.76. The average molecular weight is 137 g/mol. The minimum absolute atomic E-state index is 0.208. The van der Waals surface area contributed by atoms with Crippen molar-refractivity contribution in [2.75, 3.05) is 13.1 Å². The minimum Gasteiger partial charge on any atom is -0.297 e. The fourth-order valence-electron chi connectivity index (χ4n) is 1.94. The van der Waals surface area contributed by atoms with Crippen LogP contribution in [0.1, 0.15) is 12.8 Å². The van der Waals surface area contributed by atoms with Crippen LogP contribution in [-0.4, -0.2) is 29.3 Å². The summed E-state index contributed by atoms with van der Waals surface area (Å²) in [5.41, 5.74) is -0.208. The van der Waals surface area contributed by atoms with E-state index in [4.69, 9.17) is 0 Å². The molecule has 2 fully saturated rings. The van der Waals surface area contributed by atoms with E-state index in [9.17, 15) is 4.79 Å². The molecule has 2 heteroatoms. The summed E-state index contributed by atoms with van der Waals surface area (Å²) in [6, 6.07) is 0. The lowest BCUT2D eigenvalue weighted by Crippen LogP contribution is -2.57. The lowest BCUT2D eigenvalue weighted by Gasteiger charge is -2.44. The molecule has 2 rings (SSSR count). The average Bonchev–Trinajstić information content (AvgIpc) is 2.06. The van der Waals surface area contributed by atoms with E-state index in [0.717, 1.165) is 25.9 Å². The van der Waals surface area contributed by atoms with Crippen molar-refractivity contribution in [3.8, 4) is 0 Å². The largest absolute Gasteiger partial charge is 0.297 e. The quantitative estimate of drug-likeness (QED) is 0.493.